The van der Waals surface area contributed by atoms with Crippen LogP contribution in [0.15, 0.2) is 12.2 Å². The summed E-state index contributed by atoms with van der Waals surface area (Å²) in [5.74, 6) is 0.843. The molecule has 0 aliphatic heterocycles. The van der Waals surface area contributed by atoms with Crippen LogP contribution in [-0.4, -0.2) is 17.8 Å². The molecule has 0 aliphatic carbocycles. The monoisotopic (exact) mass is 143 g/mol. The van der Waals surface area contributed by atoms with E-state index in [9.17, 15) is 4.79 Å². The Labute approximate surface area is 60.5 Å². The van der Waals surface area contributed by atoms with E-state index in [2.05, 4.69) is 6.58 Å². The Bertz CT molecular complexity index is 118. The predicted octanol–water partition coefficient (Wildman–Crippen LogP) is 1.70. The third-order valence-electron chi connectivity index (χ3n) is 0.856. The maximum atomic E-state index is 10.7. The molecule has 0 heterocycles. The first kappa shape index (κ1) is 8.76. The molecular formula is C7H11OS. The highest BCUT2D eigenvalue weighted by Gasteiger charge is 1.99. The molecule has 0 rings (SSSR count). The van der Waals surface area contributed by atoms with Crippen molar-refractivity contribution < 1.29 is 4.79 Å². The summed E-state index contributed by atoms with van der Waals surface area (Å²) in [7, 11) is 0. The van der Waals surface area contributed by atoms with Crippen molar-refractivity contribution in [2.24, 2.45) is 0 Å². The molecule has 2 heteroatoms. The summed E-state index contributed by atoms with van der Waals surface area (Å²) < 4.78 is 0. The fourth-order valence-corrected chi connectivity index (χ4v) is 0.651. The number of carbonyl (C=O) groups excluding carboxylic acids is 1. The highest BCUT2D eigenvalue weighted by molar-refractivity contribution is 7.98. The van der Waals surface area contributed by atoms with Crippen molar-refractivity contribution in [3.05, 3.63) is 18.6 Å². The SMILES string of the molecule is C=C(C)C(=O)[CH]CSC. The Kier molecular flexibility index (Phi) is 4.50. The van der Waals surface area contributed by atoms with Crippen molar-refractivity contribution >= 4 is 17.5 Å². The molecule has 0 aliphatic rings. The van der Waals surface area contributed by atoms with E-state index >= 15 is 0 Å². The molecule has 0 saturated carbocycles. The maximum Gasteiger partial charge on any atom is 0.162 e. The van der Waals surface area contributed by atoms with Crippen molar-refractivity contribution in [3.8, 4) is 0 Å². The Morgan fingerprint density at radius 2 is 2.33 bits per heavy atom. The smallest absolute Gasteiger partial charge is 0.162 e. The van der Waals surface area contributed by atoms with E-state index < -0.39 is 0 Å². The fraction of sp³-hybridized carbons (Fsp3) is 0.429. The van der Waals surface area contributed by atoms with Crippen LogP contribution in [0.1, 0.15) is 6.92 Å². The lowest BCUT2D eigenvalue weighted by molar-refractivity contribution is -0.112. The molecule has 0 atom stereocenters. The fourth-order valence-electron chi connectivity index (χ4n) is 0.333. The molecule has 0 aromatic rings. The van der Waals surface area contributed by atoms with Gasteiger partial charge in [0.15, 0.2) is 5.78 Å². The zero-order valence-electron chi connectivity index (χ0n) is 5.81. The summed E-state index contributed by atoms with van der Waals surface area (Å²) in [5.41, 5.74) is 0.615. The largest absolute Gasteiger partial charge is 0.294 e. The second-order valence-corrected chi connectivity index (χ2v) is 2.71. The maximum absolute atomic E-state index is 10.7. The van der Waals surface area contributed by atoms with Crippen molar-refractivity contribution in [1.82, 2.24) is 0 Å². The standard InChI is InChI=1S/C7H11OS/c1-6(2)7(8)4-5-9-3/h4H,1,5H2,2-3H3. The van der Waals surface area contributed by atoms with Gasteiger partial charge in [0.05, 0.1) is 0 Å². The third kappa shape index (κ3) is 4.28. The highest BCUT2D eigenvalue weighted by Crippen LogP contribution is 1.99. The lowest BCUT2D eigenvalue weighted by atomic mass is 10.2. The van der Waals surface area contributed by atoms with Crippen molar-refractivity contribution in [1.29, 1.82) is 0 Å². The van der Waals surface area contributed by atoms with Crippen LogP contribution in [0, 0.1) is 6.42 Å². The summed E-state index contributed by atoms with van der Waals surface area (Å²) in [5, 5.41) is 0. The lowest BCUT2D eigenvalue weighted by Gasteiger charge is -1.94. The second kappa shape index (κ2) is 4.62. The molecule has 0 aromatic heterocycles. The van der Waals surface area contributed by atoms with Gasteiger partial charge in [-0.2, -0.15) is 11.8 Å². The van der Waals surface area contributed by atoms with Crippen LogP contribution in [0.5, 0.6) is 0 Å². The van der Waals surface area contributed by atoms with Crippen LogP contribution in [0.25, 0.3) is 0 Å². The minimum absolute atomic E-state index is 0.0596. The van der Waals surface area contributed by atoms with Gasteiger partial charge in [0.1, 0.15) is 0 Å². The van der Waals surface area contributed by atoms with E-state index in [1.54, 1.807) is 25.1 Å². The van der Waals surface area contributed by atoms with Gasteiger partial charge in [-0.25, -0.2) is 0 Å². The van der Waals surface area contributed by atoms with Crippen LogP contribution < -0.4 is 0 Å². The number of ketones is 1. The van der Waals surface area contributed by atoms with Crippen LogP contribution >= 0.6 is 11.8 Å². The molecule has 9 heavy (non-hydrogen) atoms. The van der Waals surface area contributed by atoms with E-state index in [0.717, 1.165) is 5.75 Å². The number of rotatable bonds is 4. The van der Waals surface area contributed by atoms with Crippen LogP contribution in [0.3, 0.4) is 0 Å². The van der Waals surface area contributed by atoms with Crippen LogP contribution in [-0.2, 0) is 4.79 Å². The number of carbonyl (C=O) groups is 1. The predicted molar refractivity (Wildman–Crippen MR) is 42.5 cm³/mol. The Hall–Kier alpha value is -0.240. The van der Waals surface area contributed by atoms with Crippen molar-refractivity contribution in [2.75, 3.05) is 12.0 Å². The van der Waals surface area contributed by atoms with Gasteiger partial charge in [0.2, 0.25) is 0 Å². The normalized spacial score (nSPS) is 9.11. The first-order valence-corrected chi connectivity index (χ1v) is 4.10. The van der Waals surface area contributed by atoms with Gasteiger partial charge in [0.25, 0.3) is 0 Å². The quantitative estimate of drug-likeness (QED) is 0.557. The molecule has 0 spiro atoms. The average Bonchev–Trinajstić information content (AvgIpc) is 1.82. The molecule has 51 valence electrons. The van der Waals surface area contributed by atoms with Gasteiger partial charge in [-0.05, 0) is 18.8 Å². The summed E-state index contributed by atoms with van der Waals surface area (Å²) in [6, 6.07) is 0. The summed E-state index contributed by atoms with van der Waals surface area (Å²) in [4.78, 5) is 10.7. The van der Waals surface area contributed by atoms with Crippen LogP contribution in [0.4, 0.5) is 0 Å². The topological polar surface area (TPSA) is 17.1 Å². The van der Waals surface area contributed by atoms with E-state index in [-0.39, 0.29) is 5.78 Å². The molecule has 0 bridgehead atoms. The molecule has 0 unspecified atom stereocenters. The van der Waals surface area contributed by atoms with Gasteiger partial charge in [-0.3, -0.25) is 4.79 Å². The number of allylic oxidation sites excluding steroid dienone is 1. The minimum atomic E-state index is 0.0596. The first-order chi connectivity index (χ1) is 4.18. The summed E-state index contributed by atoms with van der Waals surface area (Å²) in [6.07, 6.45) is 3.61. The van der Waals surface area contributed by atoms with Gasteiger partial charge in [-0.15, -0.1) is 0 Å². The number of thioether (sulfide) groups is 1. The third-order valence-corrected chi connectivity index (χ3v) is 1.36. The molecule has 0 fully saturated rings. The molecule has 0 N–H and O–H groups in total. The van der Waals surface area contributed by atoms with Crippen molar-refractivity contribution in [3.63, 3.8) is 0 Å². The first-order valence-electron chi connectivity index (χ1n) is 2.70. The zero-order valence-corrected chi connectivity index (χ0v) is 6.62. The van der Waals surface area contributed by atoms with Crippen molar-refractivity contribution in [2.45, 2.75) is 6.92 Å². The molecule has 0 aromatic carbocycles. The highest BCUT2D eigenvalue weighted by atomic mass is 32.2. The van der Waals surface area contributed by atoms with Gasteiger partial charge in [0, 0.05) is 12.2 Å². The molecular weight excluding hydrogens is 132 g/mol. The summed E-state index contributed by atoms with van der Waals surface area (Å²) >= 11 is 1.63. The summed E-state index contributed by atoms with van der Waals surface area (Å²) in [6.45, 7) is 5.24. The Balaban J connectivity index is 3.39. The van der Waals surface area contributed by atoms with E-state index in [1.165, 1.54) is 0 Å². The molecule has 0 saturated heterocycles. The van der Waals surface area contributed by atoms with Gasteiger partial charge >= 0.3 is 0 Å². The van der Waals surface area contributed by atoms with Gasteiger partial charge in [-0.1, -0.05) is 6.58 Å². The number of Topliss-reactive ketones (excluding diaryl/α,β-unsaturated/α-hetero) is 1. The number of hydrogen-bond acceptors (Lipinski definition) is 2. The minimum Gasteiger partial charge on any atom is -0.294 e. The second-order valence-electron chi connectivity index (χ2n) is 1.80. The lowest BCUT2D eigenvalue weighted by Crippen LogP contribution is -2.00. The molecule has 1 radical (unpaired) electrons. The van der Waals surface area contributed by atoms with E-state index in [4.69, 9.17) is 0 Å². The van der Waals surface area contributed by atoms with Gasteiger partial charge < -0.3 is 0 Å². The Morgan fingerprint density at radius 1 is 1.78 bits per heavy atom. The zero-order chi connectivity index (χ0) is 7.28. The van der Waals surface area contributed by atoms with Crippen LogP contribution in [0.2, 0.25) is 0 Å². The van der Waals surface area contributed by atoms with E-state index in [0.29, 0.717) is 5.57 Å². The molecule has 0 amide bonds. The molecule has 1 nitrogen and oxygen atoms in total. The number of hydrogen-bond donors (Lipinski definition) is 0. The van der Waals surface area contributed by atoms with E-state index in [1.807, 2.05) is 6.26 Å². The Morgan fingerprint density at radius 3 is 2.67 bits per heavy atom. The average molecular weight is 143 g/mol.